The number of hydrogen-bond donors (Lipinski definition) is 2. The predicted octanol–water partition coefficient (Wildman–Crippen LogP) is 3.35. The molecule has 0 bridgehead atoms. The molecule has 0 aliphatic carbocycles. The number of likely N-dealkylation sites (tertiary alicyclic amines) is 1. The van der Waals surface area contributed by atoms with Gasteiger partial charge in [-0.1, -0.05) is 0 Å². The van der Waals surface area contributed by atoms with E-state index in [0.29, 0.717) is 30.4 Å². The fourth-order valence-corrected chi connectivity index (χ4v) is 4.11. The Bertz CT molecular complexity index is 1170. The number of amides is 1. The van der Waals surface area contributed by atoms with Crippen LogP contribution < -0.4 is 5.32 Å². The first kappa shape index (κ1) is 24.1. The summed E-state index contributed by atoms with van der Waals surface area (Å²) in [6, 6.07) is 4.71. The van der Waals surface area contributed by atoms with Crippen molar-refractivity contribution in [2.75, 3.05) is 19.6 Å². The first-order valence-electron chi connectivity index (χ1n) is 10.8. The van der Waals surface area contributed by atoms with Gasteiger partial charge in [0, 0.05) is 43.6 Å². The number of fused-ring (bicyclic) bond motifs is 1. The van der Waals surface area contributed by atoms with Gasteiger partial charge in [-0.05, 0) is 44.5 Å². The van der Waals surface area contributed by atoms with Crippen LogP contribution in [0.3, 0.4) is 0 Å². The summed E-state index contributed by atoms with van der Waals surface area (Å²) in [5.74, 6) is -0.290. The summed E-state index contributed by atoms with van der Waals surface area (Å²) in [4.78, 5) is 22.7. The van der Waals surface area contributed by atoms with Crippen LogP contribution in [0.2, 0.25) is 0 Å². The molecule has 11 heteroatoms. The summed E-state index contributed by atoms with van der Waals surface area (Å²) < 4.78 is 54.8. The van der Waals surface area contributed by atoms with Gasteiger partial charge < -0.3 is 15.0 Å². The fraction of sp³-hybridized carbons (Fsp3) is 0.435. The van der Waals surface area contributed by atoms with Gasteiger partial charge in [0.15, 0.2) is 0 Å². The minimum absolute atomic E-state index is 0.0606. The van der Waals surface area contributed by atoms with Crippen molar-refractivity contribution < 1.29 is 27.5 Å². The minimum Gasteiger partial charge on any atom is -0.389 e. The van der Waals surface area contributed by atoms with Crippen LogP contribution >= 0.6 is 0 Å². The van der Waals surface area contributed by atoms with E-state index in [1.54, 1.807) is 30.7 Å². The van der Waals surface area contributed by atoms with E-state index in [4.69, 9.17) is 0 Å². The van der Waals surface area contributed by atoms with E-state index in [1.165, 1.54) is 18.3 Å². The van der Waals surface area contributed by atoms with Gasteiger partial charge in [-0.2, -0.15) is 13.2 Å². The molecular formula is C23H25F4N5O2. The van der Waals surface area contributed by atoms with Crippen LogP contribution in [0.4, 0.5) is 17.6 Å². The molecule has 0 spiro atoms. The molecule has 2 atom stereocenters. The van der Waals surface area contributed by atoms with Crippen LogP contribution in [0.15, 0.2) is 42.9 Å². The van der Waals surface area contributed by atoms with Crippen molar-refractivity contribution in [3.63, 3.8) is 0 Å². The number of halogens is 4. The molecule has 1 amide bonds. The van der Waals surface area contributed by atoms with Crippen molar-refractivity contribution >= 4 is 16.8 Å². The Morgan fingerprint density at radius 3 is 2.59 bits per heavy atom. The lowest BCUT2D eigenvalue weighted by Gasteiger charge is -2.37. The number of piperidine rings is 1. The first-order valence-corrected chi connectivity index (χ1v) is 10.8. The molecule has 3 aromatic rings. The zero-order chi connectivity index (χ0) is 24.7. The second-order valence-electron chi connectivity index (χ2n) is 9.15. The van der Waals surface area contributed by atoms with Gasteiger partial charge in [0.25, 0.3) is 5.91 Å². The molecule has 4 heterocycles. The highest BCUT2D eigenvalue weighted by Gasteiger charge is 2.33. The molecule has 7 nitrogen and oxygen atoms in total. The number of aliphatic hydroxyl groups is 1. The molecule has 4 rings (SSSR count). The molecule has 34 heavy (non-hydrogen) atoms. The van der Waals surface area contributed by atoms with Crippen molar-refractivity contribution in [1.82, 2.24) is 24.8 Å². The van der Waals surface area contributed by atoms with Gasteiger partial charge in [0.1, 0.15) is 17.7 Å². The van der Waals surface area contributed by atoms with Gasteiger partial charge >= 0.3 is 6.18 Å². The Morgan fingerprint density at radius 1 is 1.21 bits per heavy atom. The Balaban J connectivity index is 1.49. The van der Waals surface area contributed by atoms with Crippen molar-refractivity contribution in [3.05, 3.63) is 54.1 Å². The van der Waals surface area contributed by atoms with Crippen LogP contribution in [0.5, 0.6) is 0 Å². The molecular weight excluding hydrogens is 454 g/mol. The average molecular weight is 479 g/mol. The summed E-state index contributed by atoms with van der Waals surface area (Å²) in [6.07, 6.45) is -1.55. The standard InChI is InChI=1S/C23H25F4N5O2/c1-22(2,34)13-31-7-6-17(16(24)12-31)30-21(33)18-9-19-14(10-28-18)5-8-32(19)20-4-3-15(11-29-20)23(25,26)27/h3-5,8-11,16-17,34H,6-7,12-13H2,1-2H3,(H,30,33)/t16-,17+/m0/s1. The number of β-amino-alcohol motifs (C(OH)–C–C–N with tert-alkyl or cyclic N) is 1. The van der Waals surface area contributed by atoms with Crippen LogP contribution in [0.25, 0.3) is 16.7 Å². The molecule has 1 aliphatic heterocycles. The third-order valence-electron chi connectivity index (χ3n) is 5.68. The van der Waals surface area contributed by atoms with Gasteiger partial charge in [0.2, 0.25) is 0 Å². The number of alkyl halides is 4. The van der Waals surface area contributed by atoms with E-state index in [0.717, 1.165) is 12.3 Å². The molecule has 0 unspecified atom stereocenters. The van der Waals surface area contributed by atoms with E-state index in [-0.39, 0.29) is 18.1 Å². The second kappa shape index (κ2) is 8.95. The number of nitrogens with one attached hydrogen (secondary N) is 1. The normalized spacial score (nSPS) is 20.0. The number of nitrogens with zero attached hydrogens (tertiary/aromatic N) is 4. The summed E-state index contributed by atoms with van der Waals surface area (Å²) in [7, 11) is 0. The number of aromatic nitrogens is 3. The van der Waals surface area contributed by atoms with E-state index in [1.807, 2.05) is 4.90 Å². The number of carbonyl (C=O) groups excluding carboxylic acids is 1. The minimum atomic E-state index is -4.49. The number of rotatable bonds is 5. The van der Waals surface area contributed by atoms with E-state index in [9.17, 15) is 27.5 Å². The highest BCUT2D eigenvalue weighted by atomic mass is 19.4. The van der Waals surface area contributed by atoms with Gasteiger partial charge in [0.05, 0.1) is 22.7 Å². The van der Waals surface area contributed by atoms with Crippen LogP contribution in [0, 0.1) is 0 Å². The Morgan fingerprint density at radius 2 is 1.97 bits per heavy atom. The topological polar surface area (TPSA) is 83.3 Å². The van der Waals surface area contributed by atoms with Gasteiger partial charge in [-0.3, -0.25) is 14.7 Å². The quantitative estimate of drug-likeness (QED) is 0.549. The van der Waals surface area contributed by atoms with Crippen LogP contribution in [-0.2, 0) is 6.18 Å². The Kier molecular flexibility index (Phi) is 6.34. The molecule has 3 aromatic heterocycles. The summed E-state index contributed by atoms with van der Waals surface area (Å²) in [5.41, 5.74) is -1.20. The highest BCUT2D eigenvalue weighted by molar-refractivity contribution is 5.96. The van der Waals surface area contributed by atoms with Crippen molar-refractivity contribution in [2.45, 2.75) is 44.3 Å². The Hall–Kier alpha value is -3.05. The third-order valence-corrected chi connectivity index (χ3v) is 5.68. The molecule has 0 saturated carbocycles. The summed E-state index contributed by atoms with van der Waals surface area (Å²) >= 11 is 0. The maximum absolute atomic E-state index is 14.7. The van der Waals surface area contributed by atoms with Crippen molar-refractivity contribution in [3.8, 4) is 5.82 Å². The molecule has 182 valence electrons. The monoisotopic (exact) mass is 479 g/mol. The smallest absolute Gasteiger partial charge is 0.389 e. The molecule has 1 aliphatic rings. The van der Waals surface area contributed by atoms with Gasteiger partial charge in [-0.15, -0.1) is 0 Å². The lowest BCUT2D eigenvalue weighted by atomic mass is 10.0. The summed E-state index contributed by atoms with van der Waals surface area (Å²) in [6.45, 7) is 4.29. The molecule has 1 saturated heterocycles. The molecule has 0 radical (unpaired) electrons. The van der Waals surface area contributed by atoms with Crippen molar-refractivity contribution in [2.24, 2.45) is 0 Å². The van der Waals surface area contributed by atoms with Crippen molar-refractivity contribution in [1.29, 1.82) is 0 Å². The first-order chi connectivity index (χ1) is 15.9. The number of hydrogen-bond acceptors (Lipinski definition) is 5. The molecule has 2 N–H and O–H groups in total. The van der Waals surface area contributed by atoms with E-state index < -0.39 is 35.5 Å². The fourth-order valence-electron chi connectivity index (χ4n) is 4.11. The van der Waals surface area contributed by atoms with E-state index >= 15 is 0 Å². The zero-order valence-corrected chi connectivity index (χ0v) is 18.7. The Labute approximate surface area is 193 Å². The van der Waals surface area contributed by atoms with Crippen LogP contribution in [0.1, 0.15) is 36.3 Å². The largest absolute Gasteiger partial charge is 0.417 e. The lowest BCUT2D eigenvalue weighted by Crippen LogP contribution is -2.54. The number of pyridine rings is 2. The predicted molar refractivity (Wildman–Crippen MR) is 117 cm³/mol. The molecule has 0 aromatic carbocycles. The number of carbonyl (C=O) groups is 1. The zero-order valence-electron chi connectivity index (χ0n) is 18.7. The van der Waals surface area contributed by atoms with Crippen LogP contribution in [-0.4, -0.2) is 67.9 Å². The summed E-state index contributed by atoms with van der Waals surface area (Å²) in [5, 5.41) is 13.3. The third kappa shape index (κ3) is 5.36. The second-order valence-corrected chi connectivity index (χ2v) is 9.15. The van der Waals surface area contributed by atoms with E-state index in [2.05, 4.69) is 15.3 Å². The lowest BCUT2D eigenvalue weighted by molar-refractivity contribution is -0.137. The molecule has 1 fully saturated rings. The van der Waals surface area contributed by atoms with Gasteiger partial charge in [-0.25, -0.2) is 9.37 Å². The highest BCUT2D eigenvalue weighted by Crippen LogP contribution is 2.29. The maximum Gasteiger partial charge on any atom is 0.417 e. The average Bonchev–Trinajstić information content (AvgIpc) is 3.17. The SMILES string of the molecule is CC(C)(O)CN1CC[C@@H](NC(=O)c2cc3c(ccn3-c3ccc(C(F)(F)F)cn3)cn2)[C@@H](F)C1. The maximum atomic E-state index is 14.7.